The zero-order valence-corrected chi connectivity index (χ0v) is 9.96. The third-order valence-electron chi connectivity index (χ3n) is 2.17. The van der Waals surface area contributed by atoms with Crippen molar-refractivity contribution in [3.8, 4) is 0 Å². The Bertz CT molecular complexity index is 400. The molecule has 0 saturated carbocycles. The molecule has 2 amide bonds. The van der Waals surface area contributed by atoms with E-state index in [0.29, 0.717) is 13.1 Å². The van der Waals surface area contributed by atoms with Crippen molar-refractivity contribution in [2.75, 3.05) is 26.2 Å². The molecule has 0 fully saturated rings. The number of imide groups is 1. The number of amides is 2. The van der Waals surface area contributed by atoms with Gasteiger partial charge in [0.1, 0.15) is 0 Å². The second-order valence-corrected chi connectivity index (χ2v) is 3.60. The van der Waals surface area contributed by atoms with E-state index in [-0.39, 0.29) is 18.9 Å². The van der Waals surface area contributed by atoms with Gasteiger partial charge in [0, 0.05) is 13.1 Å². The maximum atomic E-state index is 11.6. The molecule has 0 aliphatic carbocycles. The van der Waals surface area contributed by atoms with E-state index in [1.165, 1.54) is 12.3 Å². The molecule has 18 heavy (non-hydrogen) atoms. The van der Waals surface area contributed by atoms with E-state index in [9.17, 15) is 9.59 Å². The molecule has 1 aromatic rings. The summed E-state index contributed by atoms with van der Waals surface area (Å²) in [6, 6.07) is 3.03. The molecule has 0 unspecified atom stereocenters. The molecule has 6 heteroatoms. The molecule has 1 rings (SSSR count). The topological polar surface area (TPSA) is 82.8 Å². The van der Waals surface area contributed by atoms with Crippen LogP contribution in [0.3, 0.4) is 0 Å². The highest BCUT2D eigenvalue weighted by Crippen LogP contribution is 1.99. The van der Waals surface area contributed by atoms with E-state index in [2.05, 4.69) is 11.9 Å². The molecule has 0 spiro atoms. The molecule has 1 aromatic heterocycles. The van der Waals surface area contributed by atoms with Gasteiger partial charge in [0.05, 0.1) is 19.4 Å². The zero-order valence-electron chi connectivity index (χ0n) is 9.96. The standard InChI is InChI=1S/C12H16N2O4/c1-2-5-14(6-7-15)9-11(16)13-12(17)10-4-3-8-18-10/h2-4,8,15H,1,5-7,9H2,(H,13,16,17). The van der Waals surface area contributed by atoms with Crippen LogP contribution in [0.1, 0.15) is 10.6 Å². The highest BCUT2D eigenvalue weighted by Gasteiger charge is 2.14. The van der Waals surface area contributed by atoms with Gasteiger partial charge in [-0.05, 0) is 12.1 Å². The summed E-state index contributed by atoms with van der Waals surface area (Å²) >= 11 is 0. The predicted molar refractivity (Wildman–Crippen MR) is 64.9 cm³/mol. The van der Waals surface area contributed by atoms with Gasteiger partial charge in [0.25, 0.3) is 5.91 Å². The SMILES string of the molecule is C=CCN(CCO)CC(=O)NC(=O)c1ccco1. The van der Waals surface area contributed by atoms with Gasteiger partial charge in [0.15, 0.2) is 5.76 Å². The van der Waals surface area contributed by atoms with Crippen molar-refractivity contribution in [2.45, 2.75) is 0 Å². The van der Waals surface area contributed by atoms with Crippen molar-refractivity contribution >= 4 is 11.8 Å². The van der Waals surface area contributed by atoms with Crippen LogP contribution in [0.2, 0.25) is 0 Å². The summed E-state index contributed by atoms with van der Waals surface area (Å²) in [5, 5.41) is 11.0. The van der Waals surface area contributed by atoms with Crippen molar-refractivity contribution in [3.63, 3.8) is 0 Å². The van der Waals surface area contributed by atoms with Crippen molar-refractivity contribution in [1.82, 2.24) is 10.2 Å². The van der Waals surface area contributed by atoms with Gasteiger partial charge in [-0.15, -0.1) is 6.58 Å². The summed E-state index contributed by atoms with van der Waals surface area (Å²) in [6.07, 6.45) is 2.98. The Kier molecular flexibility index (Phi) is 5.83. The van der Waals surface area contributed by atoms with Crippen LogP contribution in [0.25, 0.3) is 0 Å². The van der Waals surface area contributed by atoms with Crippen LogP contribution in [0.4, 0.5) is 0 Å². The highest BCUT2D eigenvalue weighted by atomic mass is 16.3. The van der Waals surface area contributed by atoms with Crippen LogP contribution >= 0.6 is 0 Å². The maximum absolute atomic E-state index is 11.6. The minimum absolute atomic E-state index is 0.0129. The number of nitrogens with zero attached hydrogens (tertiary/aromatic N) is 1. The Balaban J connectivity index is 2.44. The fraction of sp³-hybridized carbons (Fsp3) is 0.333. The minimum atomic E-state index is -0.576. The van der Waals surface area contributed by atoms with E-state index < -0.39 is 11.8 Å². The molecule has 0 atom stereocenters. The van der Waals surface area contributed by atoms with Crippen LogP contribution in [0, 0.1) is 0 Å². The van der Waals surface area contributed by atoms with E-state index >= 15 is 0 Å². The predicted octanol–water partition coefficient (Wildman–Crippen LogP) is 0.0163. The van der Waals surface area contributed by atoms with Crippen LogP contribution in [0.5, 0.6) is 0 Å². The molecule has 6 nitrogen and oxygen atoms in total. The van der Waals surface area contributed by atoms with Crippen LogP contribution in [-0.2, 0) is 4.79 Å². The number of carbonyl (C=O) groups is 2. The summed E-state index contributed by atoms with van der Waals surface area (Å²) in [7, 11) is 0. The average Bonchev–Trinajstić information content (AvgIpc) is 2.82. The van der Waals surface area contributed by atoms with Gasteiger partial charge >= 0.3 is 0 Å². The number of furan rings is 1. The summed E-state index contributed by atoms with van der Waals surface area (Å²) in [4.78, 5) is 24.7. The largest absolute Gasteiger partial charge is 0.459 e. The Morgan fingerprint density at radius 2 is 2.33 bits per heavy atom. The fourth-order valence-corrected chi connectivity index (χ4v) is 1.40. The lowest BCUT2D eigenvalue weighted by atomic mass is 10.4. The number of nitrogens with one attached hydrogen (secondary N) is 1. The number of hydrogen-bond donors (Lipinski definition) is 2. The monoisotopic (exact) mass is 252 g/mol. The van der Waals surface area contributed by atoms with Gasteiger partial charge in [-0.1, -0.05) is 6.08 Å². The maximum Gasteiger partial charge on any atom is 0.293 e. The number of carbonyl (C=O) groups excluding carboxylic acids is 2. The Hall–Kier alpha value is -1.92. The second kappa shape index (κ2) is 7.41. The summed E-state index contributed by atoms with van der Waals surface area (Å²) in [6.45, 7) is 4.31. The first-order valence-electron chi connectivity index (χ1n) is 5.49. The smallest absolute Gasteiger partial charge is 0.293 e. The van der Waals surface area contributed by atoms with Crippen molar-refractivity contribution in [1.29, 1.82) is 0 Å². The first kappa shape index (κ1) is 14.1. The van der Waals surface area contributed by atoms with Crippen LogP contribution < -0.4 is 5.32 Å². The van der Waals surface area contributed by atoms with Crippen molar-refractivity contribution in [3.05, 3.63) is 36.8 Å². The van der Waals surface area contributed by atoms with E-state index in [4.69, 9.17) is 9.52 Å². The molecule has 2 N–H and O–H groups in total. The third kappa shape index (κ3) is 4.52. The summed E-state index contributed by atoms with van der Waals surface area (Å²) < 4.78 is 4.86. The summed E-state index contributed by atoms with van der Waals surface area (Å²) in [5.74, 6) is -0.944. The molecule has 0 bridgehead atoms. The number of aliphatic hydroxyl groups is 1. The number of hydrogen-bond acceptors (Lipinski definition) is 5. The lowest BCUT2D eigenvalue weighted by Crippen LogP contribution is -2.41. The second-order valence-electron chi connectivity index (χ2n) is 3.60. The molecule has 0 radical (unpaired) electrons. The molecular weight excluding hydrogens is 236 g/mol. The quantitative estimate of drug-likeness (QED) is 0.668. The van der Waals surface area contributed by atoms with E-state index in [1.54, 1.807) is 17.0 Å². The van der Waals surface area contributed by atoms with Gasteiger partial charge in [-0.3, -0.25) is 19.8 Å². The molecular formula is C12H16N2O4. The van der Waals surface area contributed by atoms with E-state index in [1.807, 2.05) is 0 Å². The molecule has 1 heterocycles. The Labute approximate surface area is 105 Å². The van der Waals surface area contributed by atoms with Crippen LogP contribution in [0.15, 0.2) is 35.5 Å². The number of rotatable bonds is 7. The minimum Gasteiger partial charge on any atom is -0.459 e. The van der Waals surface area contributed by atoms with Crippen molar-refractivity contribution in [2.24, 2.45) is 0 Å². The van der Waals surface area contributed by atoms with Gasteiger partial charge < -0.3 is 9.52 Å². The van der Waals surface area contributed by atoms with Gasteiger partial charge in [-0.25, -0.2) is 0 Å². The normalized spacial score (nSPS) is 10.3. The molecule has 0 aliphatic rings. The molecule has 0 saturated heterocycles. The molecule has 98 valence electrons. The summed E-state index contributed by atoms with van der Waals surface area (Å²) in [5.41, 5.74) is 0. The van der Waals surface area contributed by atoms with E-state index in [0.717, 1.165) is 0 Å². The van der Waals surface area contributed by atoms with Crippen molar-refractivity contribution < 1.29 is 19.1 Å². The first-order valence-corrected chi connectivity index (χ1v) is 5.49. The number of aliphatic hydroxyl groups excluding tert-OH is 1. The average molecular weight is 252 g/mol. The zero-order chi connectivity index (χ0) is 13.4. The Morgan fingerprint density at radius 3 is 2.89 bits per heavy atom. The first-order chi connectivity index (χ1) is 8.67. The third-order valence-corrected chi connectivity index (χ3v) is 2.17. The Morgan fingerprint density at radius 1 is 1.56 bits per heavy atom. The van der Waals surface area contributed by atoms with Gasteiger partial charge in [0.2, 0.25) is 5.91 Å². The highest BCUT2D eigenvalue weighted by molar-refractivity contribution is 6.03. The fourth-order valence-electron chi connectivity index (χ4n) is 1.40. The molecule has 0 aromatic carbocycles. The van der Waals surface area contributed by atoms with Crippen LogP contribution in [-0.4, -0.2) is 48.1 Å². The lowest BCUT2D eigenvalue weighted by molar-refractivity contribution is -0.121. The molecule has 0 aliphatic heterocycles. The lowest BCUT2D eigenvalue weighted by Gasteiger charge is -2.18. The van der Waals surface area contributed by atoms with Gasteiger partial charge in [-0.2, -0.15) is 0 Å².